The molecule has 0 saturated carbocycles. The third-order valence-corrected chi connectivity index (χ3v) is 2.81. The molecule has 6 heteroatoms. The molecule has 0 bridgehead atoms. The molecule has 0 radical (unpaired) electrons. The predicted molar refractivity (Wildman–Crippen MR) is 67.4 cm³/mol. The number of nitrogens with zero attached hydrogens (tertiary/aromatic N) is 2. The van der Waals surface area contributed by atoms with Crippen LogP contribution in [-0.4, -0.2) is 29.0 Å². The number of nitro groups is 1. The van der Waals surface area contributed by atoms with Crippen molar-refractivity contribution in [1.82, 2.24) is 15.6 Å². The zero-order chi connectivity index (χ0) is 12.8. The molecular formula is C12H16N4O2. The molecule has 18 heavy (non-hydrogen) atoms. The van der Waals surface area contributed by atoms with Crippen molar-refractivity contribution in [2.24, 2.45) is 0 Å². The summed E-state index contributed by atoms with van der Waals surface area (Å²) in [6, 6.07) is 2.88. The van der Waals surface area contributed by atoms with Crippen molar-refractivity contribution in [2.45, 2.75) is 18.9 Å². The molecule has 0 aromatic carbocycles. The van der Waals surface area contributed by atoms with Crippen LogP contribution in [0.2, 0.25) is 0 Å². The molecule has 6 nitrogen and oxygen atoms in total. The van der Waals surface area contributed by atoms with Crippen LogP contribution >= 0.6 is 0 Å². The molecular weight excluding hydrogens is 232 g/mol. The van der Waals surface area contributed by atoms with Crippen molar-refractivity contribution in [2.75, 3.05) is 13.1 Å². The lowest BCUT2D eigenvalue weighted by Crippen LogP contribution is -2.37. The minimum atomic E-state index is -0.722. The van der Waals surface area contributed by atoms with Gasteiger partial charge in [0.25, 0.3) is 0 Å². The second kappa shape index (κ2) is 6.00. The van der Waals surface area contributed by atoms with E-state index in [2.05, 4.69) is 15.6 Å². The maximum absolute atomic E-state index is 11.1. The van der Waals surface area contributed by atoms with E-state index in [0.29, 0.717) is 6.42 Å². The highest BCUT2D eigenvalue weighted by atomic mass is 16.6. The summed E-state index contributed by atoms with van der Waals surface area (Å²) in [6.07, 6.45) is 6.36. The zero-order valence-electron chi connectivity index (χ0n) is 10.0. The quantitative estimate of drug-likeness (QED) is 0.605. The average Bonchev–Trinajstić information content (AvgIpc) is 2.40. The topological polar surface area (TPSA) is 80.1 Å². The van der Waals surface area contributed by atoms with Gasteiger partial charge in [-0.25, -0.2) is 0 Å². The van der Waals surface area contributed by atoms with E-state index >= 15 is 0 Å². The summed E-state index contributed by atoms with van der Waals surface area (Å²) in [5.41, 5.74) is 0.916. The largest absolute Gasteiger partial charge is 0.372 e. The normalized spacial score (nSPS) is 16.3. The van der Waals surface area contributed by atoms with Crippen LogP contribution in [0.5, 0.6) is 0 Å². The fourth-order valence-electron chi connectivity index (χ4n) is 1.86. The van der Waals surface area contributed by atoms with Crippen LogP contribution in [0.4, 0.5) is 0 Å². The second-order valence-electron chi connectivity index (χ2n) is 4.20. The second-order valence-corrected chi connectivity index (χ2v) is 4.20. The van der Waals surface area contributed by atoms with Crippen LogP contribution in [-0.2, 0) is 6.42 Å². The van der Waals surface area contributed by atoms with Crippen LogP contribution in [0.25, 0.3) is 0 Å². The minimum Gasteiger partial charge on any atom is -0.372 e. The summed E-state index contributed by atoms with van der Waals surface area (Å²) >= 11 is 0. The third kappa shape index (κ3) is 3.44. The van der Waals surface area contributed by atoms with Gasteiger partial charge in [-0.05, 0) is 24.1 Å². The number of pyridine rings is 1. The smallest absolute Gasteiger partial charge is 0.239 e. The lowest BCUT2D eigenvalue weighted by Gasteiger charge is -2.19. The van der Waals surface area contributed by atoms with Gasteiger partial charge < -0.3 is 10.6 Å². The highest BCUT2D eigenvalue weighted by Crippen LogP contribution is 2.07. The number of hydrogen-bond acceptors (Lipinski definition) is 5. The molecule has 96 valence electrons. The van der Waals surface area contributed by atoms with E-state index in [1.54, 1.807) is 30.6 Å². The van der Waals surface area contributed by atoms with E-state index in [1.165, 1.54) is 0 Å². The summed E-state index contributed by atoms with van der Waals surface area (Å²) < 4.78 is 0. The third-order valence-electron chi connectivity index (χ3n) is 2.81. The average molecular weight is 248 g/mol. The van der Waals surface area contributed by atoms with Gasteiger partial charge in [0.05, 0.1) is 0 Å². The Morgan fingerprint density at radius 1 is 1.39 bits per heavy atom. The van der Waals surface area contributed by atoms with E-state index < -0.39 is 6.04 Å². The molecule has 2 N–H and O–H groups in total. The maximum atomic E-state index is 11.1. The summed E-state index contributed by atoms with van der Waals surface area (Å²) in [6.45, 7) is 1.72. The first-order valence-electron chi connectivity index (χ1n) is 5.97. The zero-order valence-corrected chi connectivity index (χ0v) is 10.0. The van der Waals surface area contributed by atoms with Crippen molar-refractivity contribution in [3.05, 3.63) is 52.1 Å². The molecule has 1 aliphatic rings. The summed E-state index contributed by atoms with van der Waals surface area (Å²) in [7, 11) is 0. The SMILES string of the molecule is O=[N+]([O-])C(C=C1NCCCN1)Cc1ccncc1. The molecule has 1 saturated heterocycles. The van der Waals surface area contributed by atoms with Crippen LogP contribution < -0.4 is 10.6 Å². The molecule has 0 aliphatic carbocycles. The lowest BCUT2D eigenvalue weighted by atomic mass is 10.1. The molecule has 1 unspecified atom stereocenters. The van der Waals surface area contributed by atoms with Crippen molar-refractivity contribution in [3.8, 4) is 0 Å². The predicted octanol–water partition coefficient (Wildman–Crippen LogP) is 0.694. The highest BCUT2D eigenvalue weighted by Gasteiger charge is 2.19. The van der Waals surface area contributed by atoms with Gasteiger partial charge in [0.15, 0.2) is 0 Å². The fourth-order valence-corrected chi connectivity index (χ4v) is 1.86. The fraction of sp³-hybridized carbons (Fsp3) is 0.417. The van der Waals surface area contributed by atoms with Gasteiger partial charge in [-0.2, -0.15) is 0 Å². The Bertz CT molecular complexity index is 425. The van der Waals surface area contributed by atoms with Gasteiger partial charge in [0.1, 0.15) is 5.82 Å². The van der Waals surface area contributed by atoms with Crippen LogP contribution in [0.1, 0.15) is 12.0 Å². The van der Waals surface area contributed by atoms with E-state index in [9.17, 15) is 10.1 Å². The first kappa shape index (κ1) is 12.3. The molecule has 0 amide bonds. The molecule has 2 heterocycles. The van der Waals surface area contributed by atoms with Crippen molar-refractivity contribution in [3.63, 3.8) is 0 Å². The monoisotopic (exact) mass is 248 g/mol. The molecule has 1 aliphatic heterocycles. The van der Waals surface area contributed by atoms with Crippen molar-refractivity contribution < 1.29 is 4.92 Å². The minimum absolute atomic E-state index is 0.259. The Labute approximate surface area is 105 Å². The Kier molecular flexibility index (Phi) is 4.11. The maximum Gasteiger partial charge on any atom is 0.239 e. The molecule has 1 fully saturated rings. The van der Waals surface area contributed by atoms with Crippen molar-refractivity contribution >= 4 is 0 Å². The number of rotatable bonds is 4. The summed E-state index contributed by atoms with van der Waals surface area (Å²) in [5, 5.41) is 17.3. The number of nitrogens with one attached hydrogen (secondary N) is 2. The van der Waals surface area contributed by atoms with Gasteiger partial charge in [-0.1, -0.05) is 0 Å². The molecule has 1 atom stereocenters. The molecule has 1 aromatic heterocycles. The number of hydrogen-bond donors (Lipinski definition) is 2. The van der Waals surface area contributed by atoms with Crippen LogP contribution in [0.15, 0.2) is 36.4 Å². The molecule has 0 spiro atoms. The van der Waals surface area contributed by atoms with Gasteiger partial charge in [-0.3, -0.25) is 15.1 Å². The molecule has 1 aromatic rings. The van der Waals surface area contributed by atoms with Crippen LogP contribution in [0.3, 0.4) is 0 Å². The van der Waals surface area contributed by atoms with E-state index in [0.717, 1.165) is 30.9 Å². The van der Waals surface area contributed by atoms with Crippen LogP contribution in [0, 0.1) is 10.1 Å². The standard InChI is InChI=1S/C12H16N4O2/c17-16(18)11(8-10-2-6-13-7-3-10)9-12-14-4-1-5-15-12/h2-3,6-7,9,11,14-15H,1,4-5,8H2. The Hall–Kier alpha value is -2.11. The van der Waals surface area contributed by atoms with E-state index in [-0.39, 0.29) is 4.92 Å². The Morgan fingerprint density at radius 2 is 2.06 bits per heavy atom. The van der Waals surface area contributed by atoms with Gasteiger partial charge in [0, 0.05) is 42.9 Å². The van der Waals surface area contributed by atoms with E-state index in [1.807, 2.05) is 0 Å². The first-order valence-corrected chi connectivity index (χ1v) is 5.97. The first-order chi connectivity index (χ1) is 8.75. The van der Waals surface area contributed by atoms with Gasteiger partial charge in [0.2, 0.25) is 6.04 Å². The summed E-state index contributed by atoms with van der Waals surface area (Å²) in [4.78, 5) is 14.7. The van der Waals surface area contributed by atoms with Crippen molar-refractivity contribution in [1.29, 1.82) is 0 Å². The van der Waals surface area contributed by atoms with E-state index in [4.69, 9.17) is 0 Å². The Morgan fingerprint density at radius 3 is 2.67 bits per heavy atom. The summed E-state index contributed by atoms with van der Waals surface area (Å²) in [5.74, 6) is 0.761. The Balaban J connectivity index is 2.06. The van der Waals surface area contributed by atoms with Gasteiger partial charge in [-0.15, -0.1) is 0 Å². The molecule has 2 rings (SSSR count). The highest BCUT2D eigenvalue weighted by molar-refractivity contribution is 5.14. The lowest BCUT2D eigenvalue weighted by molar-refractivity contribution is -0.509. The number of aromatic nitrogens is 1. The van der Waals surface area contributed by atoms with Gasteiger partial charge >= 0.3 is 0 Å².